The zero-order chi connectivity index (χ0) is 29.1. The van der Waals surface area contributed by atoms with Crippen molar-refractivity contribution in [3.05, 3.63) is 89.5 Å². The number of aliphatic carboxylic acids is 1. The van der Waals surface area contributed by atoms with Crippen molar-refractivity contribution in [1.29, 1.82) is 0 Å². The second-order valence-corrected chi connectivity index (χ2v) is 13.0. The molecule has 0 unspecified atom stereocenters. The lowest BCUT2D eigenvalue weighted by atomic mass is 9.84. The van der Waals surface area contributed by atoms with E-state index in [-0.39, 0.29) is 37.2 Å². The Morgan fingerprint density at radius 3 is 1.93 bits per heavy atom. The molecular weight excluding hydrogens is 556 g/mol. The predicted molar refractivity (Wildman–Crippen MR) is 150 cm³/mol. The molecule has 1 aliphatic heterocycles. The van der Waals surface area contributed by atoms with Crippen LogP contribution in [0.5, 0.6) is 0 Å². The minimum Gasteiger partial charge on any atom is -0.481 e. The zero-order valence-corrected chi connectivity index (χ0v) is 23.4. The van der Waals surface area contributed by atoms with Crippen LogP contribution in [0.15, 0.2) is 77.7 Å². The summed E-state index contributed by atoms with van der Waals surface area (Å²) in [6.07, 6.45) is -0.264. The Hall–Kier alpha value is -3.74. The third-order valence-electron chi connectivity index (χ3n) is 6.71. The third-order valence-corrected chi connectivity index (χ3v) is 9.33. The van der Waals surface area contributed by atoms with Gasteiger partial charge in [0, 0.05) is 30.9 Å². The maximum Gasteiger partial charge on any atom is 0.303 e. The van der Waals surface area contributed by atoms with E-state index < -0.39 is 43.7 Å². The van der Waals surface area contributed by atoms with Gasteiger partial charge in [-0.05, 0) is 55.2 Å². The molecule has 0 aliphatic carbocycles. The number of carboxylic acid groups (broad SMARTS) is 1. The first-order valence-corrected chi connectivity index (χ1v) is 15.7. The van der Waals surface area contributed by atoms with Crippen LogP contribution >= 0.6 is 0 Å². The maximum absolute atomic E-state index is 14.3. The van der Waals surface area contributed by atoms with Crippen LogP contribution in [-0.2, 0) is 29.7 Å². The summed E-state index contributed by atoms with van der Waals surface area (Å²) in [7, 11) is -8.50. The predicted octanol–water partition coefficient (Wildman–Crippen LogP) is 3.94. The molecule has 0 fully saturated rings. The third kappa shape index (κ3) is 6.35. The topological polar surface area (TPSA) is 149 Å². The number of nitrogens with zero attached hydrogens (tertiary/aromatic N) is 2. The highest BCUT2D eigenvalue weighted by atomic mass is 32.2. The molecule has 12 heteroatoms. The van der Waals surface area contributed by atoms with Gasteiger partial charge in [-0.15, -0.1) is 0 Å². The molecule has 0 atom stereocenters. The van der Waals surface area contributed by atoms with Gasteiger partial charge in [0.2, 0.25) is 5.91 Å². The van der Waals surface area contributed by atoms with E-state index in [4.69, 9.17) is 5.11 Å². The van der Waals surface area contributed by atoms with Crippen molar-refractivity contribution in [1.82, 2.24) is 4.31 Å². The van der Waals surface area contributed by atoms with Crippen molar-refractivity contribution >= 4 is 43.4 Å². The molecule has 212 valence electrons. The first-order valence-electron chi connectivity index (χ1n) is 12.7. The Morgan fingerprint density at radius 2 is 1.40 bits per heavy atom. The lowest BCUT2D eigenvalue weighted by molar-refractivity contribution is -0.137. The number of hydrogen-bond donors (Lipinski definition) is 2. The minimum absolute atomic E-state index is 0.0655. The molecule has 1 amide bonds. The molecule has 0 saturated heterocycles. The molecule has 0 radical (unpaired) electrons. The van der Waals surface area contributed by atoms with Crippen molar-refractivity contribution in [3.8, 4) is 0 Å². The summed E-state index contributed by atoms with van der Waals surface area (Å²) >= 11 is 0. The Balaban J connectivity index is 1.79. The maximum atomic E-state index is 14.3. The molecule has 2 N–H and O–H groups in total. The van der Waals surface area contributed by atoms with Crippen LogP contribution in [0.2, 0.25) is 0 Å². The van der Waals surface area contributed by atoms with E-state index in [9.17, 15) is 31.0 Å². The molecule has 0 aromatic heterocycles. The summed E-state index contributed by atoms with van der Waals surface area (Å²) in [5.74, 6) is -3.28. The van der Waals surface area contributed by atoms with Gasteiger partial charge >= 0.3 is 5.97 Å². The number of para-hydroxylation sites is 2. The van der Waals surface area contributed by atoms with Gasteiger partial charge in [0.25, 0.3) is 20.1 Å². The van der Waals surface area contributed by atoms with E-state index in [0.29, 0.717) is 22.5 Å². The first-order chi connectivity index (χ1) is 18.9. The van der Waals surface area contributed by atoms with Gasteiger partial charge in [-0.2, -0.15) is 8.42 Å². The van der Waals surface area contributed by atoms with Crippen LogP contribution in [0.3, 0.4) is 0 Å². The van der Waals surface area contributed by atoms with Gasteiger partial charge in [-0.3, -0.25) is 14.1 Å². The largest absolute Gasteiger partial charge is 0.481 e. The fourth-order valence-corrected chi connectivity index (χ4v) is 6.81. The lowest BCUT2D eigenvalue weighted by Crippen LogP contribution is -2.42. The molecule has 3 aromatic carbocycles. The number of carboxylic acids is 1. The van der Waals surface area contributed by atoms with E-state index in [2.05, 4.69) is 0 Å². The standard InChI is InChI=1S/C28H30N2O8S2/c1-20-13-15-21(16-14-20)40(37,38)30(18-6-12-26(31)32)28(33)27-22-8-2-4-10-24(22)29(17-7-19-39(34,35)36)25-11-5-3-9-23(25)27/h2-5,8-11,13-16,27H,6-7,12,17-19H2,1H3,(H,31,32)(H,34,35,36). The van der Waals surface area contributed by atoms with E-state index >= 15 is 0 Å². The molecule has 0 saturated carbocycles. The van der Waals surface area contributed by atoms with E-state index in [1.165, 1.54) is 12.1 Å². The van der Waals surface area contributed by atoms with Crippen molar-refractivity contribution in [2.24, 2.45) is 0 Å². The van der Waals surface area contributed by atoms with Gasteiger partial charge < -0.3 is 10.0 Å². The Bertz CT molecular complexity index is 1570. The quantitative estimate of drug-likeness (QED) is 0.319. The number of benzene rings is 3. The number of fused-ring (bicyclic) bond motifs is 2. The first kappa shape index (κ1) is 29.2. The molecule has 10 nitrogen and oxygen atoms in total. The summed E-state index contributed by atoms with van der Waals surface area (Å²) in [5.41, 5.74) is 3.11. The Kier molecular flexibility index (Phi) is 8.62. The van der Waals surface area contributed by atoms with Crippen molar-refractivity contribution in [3.63, 3.8) is 0 Å². The van der Waals surface area contributed by atoms with E-state index in [1.807, 2.05) is 11.8 Å². The zero-order valence-electron chi connectivity index (χ0n) is 21.8. The van der Waals surface area contributed by atoms with Crippen molar-refractivity contribution in [2.75, 3.05) is 23.7 Å². The van der Waals surface area contributed by atoms with Crippen molar-refractivity contribution in [2.45, 2.75) is 37.0 Å². The minimum atomic E-state index is -4.33. The molecule has 4 rings (SSSR count). The van der Waals surface area contributed by atoms with Gasteiger partial charge in [-0.25, -0.2) is 12.7 Å². The number of carbonyl (C=O) groups is 2. The fourth-order valence-electron chi connectivity index (χ4n) is 4.87. The number of sulfonamides is 1. The van der Waals surface area contributed by atoms with Crippen LogP contribution in [0.4, 0.5) is 11.4 Å². The highest BCUT2D eigenvalue weighted by Crippen LogP contribution is 2.46. The van der Waals surface area contributed by atoms with E-state index in [0.717, 1.165) is 9.87 Å². The van der Waals surface area contributed by atoms with Gasteiger partial charge in [0.15, 0.2) is 0 Å². The summed E-state index contributed by atoms with van der Waals surface area (Å²) in [6.45, 7) is 1.71. The average molecular weight is 587 g/mol. The summed E-state index contributed by atoms with van der Waals surface area (Å²) in [5, 5.41) is 9.16. The second kappa shape index (κ2) is 11.8. The Morgan fingerprint density at radius 1 is 0.850 bits per heavy atom. The molecule has 0 spiro atoms. The number of amides is 1. The lowest BCUT2D eigenvalue weighted by Gasteiger charge is -2.38. The smallest absolute Gasteiger partial charge is 0.303 e. The van der Waals surface area contributed by atoms with Crippen LogP contribution in [-0.4, -0.2) is 61.5 Å². The Labute approximate surface area is 233 Å². The molecule has 1 heterocycles. The molecule has 1 aliphatic rings. The molecular formula is C28H30N2O8S2. The number of anilines is 2. The summed E-state index contributed by atoms with van der Waals surface area (Å²) in [4.78, 5) is 27.3. The average Bonchev–Trinajstić information content (AvgIpc) is 2.90. The van der Waals surface area contributed by atoms with Crippen LogP contribution in [0.1, 0.15) is 41.9 Å². The van der Waals surface area contributed by atoms with Crippen LogP contribution in [0.25, 0.3) is 0 Å². The fraction of sp³-hybridized carbons (Fsp3) is 0.286. The molecule has 40 heavy (non-hydrogen) atoms. The van der Waals surface area contributed by atoms with E-state index in [1.54, 1.807) is 60.7 Å². The molecule has 0 bridgehead atoms. The SMILES string of the molecule is Cc1ccc(S(=O)(=O)N(CCCC(=O)O)C(=O)C2c3ccccc3N(CCCS(=O)(=O)O)c3ccccc32)cc1. The highest BCUT2D eigenvalue weighted by molar-refractivity contribution is 7.89. The van der Waals surface area contributed by atoms with Crippen LogP contribution in [0, 0.1) is 6.92 Å². The normalized spacial score (nSPS) is 13.4. The highest BCUT2D eigenvalue weighted by Gasteiger charge is 2.40. The number of aryl methyl sites for hydroxylation is 1. The summed E-state index contributed by atoms with van der Waals surface area (Å²) in [6, 6.07) is 20.0. The van der Waals surface area contributed by atoms with Gasteiger partial charge in [0.1, 0.15) is 0 Å². The molecule has 3 aromatic rings. The van der Waals surface area contributed by atoms with Gasteiger partial charge in [-0.1, -0.05) is 54.1 Å². The summed E-state index contributed by atoms with van der Waals surface area (Å²) < 4.78 is 60.2. The van der Waals surface area contributed by atoms with Crippen LogP contribution < -0.4 is 4.90 Å². The second-order valence-electron chi connectivity index (χ2n) is 9.57. The number of carbonyl (C=O) groups excluding carboxylic acids is 1. The number of rotatable bonds is 11. The van der Waals surface area contributed by atoms with Gasteiger partial charge in [0.05, 0.1) is 16.6 Å². The number of hydrogen-bond acceptors (Lipinski definition) is 7. The van der Waals surface area contributed by atoms with Crippen molar-refractivity contribution < 1.29 is 36.1 Å². The monoisotopic (exact) mass is 586 g/mol.